The molecule has 0 amide bonds. The van der Waals surface area contributed by atoms with E-state index >= 15 is 0 Å². The fraction of sp³-hybridized carbons (Fsp3) is 0.750. The molecule has 2 aliphatic rings. The number of hydrogen-bond donors (Lipinski definition) is 2. The summed E-state index contributed by atoms with van der Waals surface area (Å²) in [5, 5.41) is 20.7. The van der Waals surface area contributed by atoms with Crippen molar-refractivity contribution in [3.63, 3.8) is 0 Å². The Bertz CT molecular complexity index is 334. The molecule has 102 valence electrons. The van der Waals surface area contributed by atoms with Gasteiger partial charge < -0.3 is 10.2 Å². The summed E-state index contributed by atoms with van der Waals surface area (Å²) in [6.45, 7) is 4.46. The minimum absolute atomic E-state index is 0.0899. The summed E-state index contributed by atoms with van der Waals surface area (Å²) in [6, 6.07) is 0. The van der Waals surface area contributed by atoms with Crippen molar-refractivity contribution in [1.29, 1.82) is 0 Å². The Morgan fingerprint density at radius 2 is 1.78 bits per heavy atom. The van der Waals surface area contributed by atoms with Crippen LogP contribution >= 0.6 is 0 Å². The molecule has 0 spiro atoms. The molecule has 0 saturated heterocycles. The third-order valence-electron chi connectivity index (χ3n) is 5.24. The molecule has 2 nitrogen and oxygen atoms in total. The van der Waals surface area contributed by atoms with E-state index in [2.05, 4.69) is 38.2 Å². The summed E-state index contributed by atoms with van der Waals surface area (Å²) in [7, 11) is 0. The van der Waals surface area contributed by atoms with E-state index in [0.29, 0.717) is 11.8 Å². The average molecular weight is 250 g/mol. The Morgan fingerprint density at radius 1 is 1.11 bits per heavy atom. The van der Waals surface area contributed by atoms with E-state index in [1.165, 1.54) is 0 Å². The Kier molecular flexibility index (Phi) is 4.29. The normalized spacial score (nSPS) is 41.9. The lowest BCUT2D eigenvalue weighted by Crippen LogP contribution is -2.50. The maximum Gasteiger partial charge on any atom is 0.0657 e. The van der Waals surface area contributed by atoms with Crippen molar-refractivity contribution in [2.24, 2.45) is 23.2 Å². The molecule has 2 aliphatic carbocycles. The number of allylic oxidation sites excluding steroid dienone is 4. The SMILES string of the molecule is C[C@@H]1CC=CC[C@@H]1[C@H](O)[C@@]1(CO)CC=CC[C@H]1C. The van der Waals surface area contributed by atoms with Crippen LogP contribution in [0.4, 0.5) is 0 Å². The van der Waals surface area contributed by atoms with Crippen LogP contribution < -0.4 is 0 Å². The van der Waals surface area contributed by atoms with Crippen molar-refractivity contribution in [1.82, 2.24) is 0 Å². The van der Waals surface area contributed by atoms with Crippen molar-refractivity contribution >= 4 is 0 Å². The lowest BCUT2D eigenvalue weighted by Gasteiger charge is -2.47. The predicted molar refractivity (Wildman–Crippen MR) is 74.1 cm³/mol. The van der Waals surface area contributed by atoms with Crippen molar-refractivity contribution in [3.8, 4) is 0 Å². The molecule has 2 heteroatoms. The third-order valence-corrected chi connectivity index (χ3v) is 5.24. The quantitative estimate of drug-likeness (QED) is 0.756. The molecule has 2 rings (SSSR count). The summed E-state index contributed by atoms with van der Waals surface area (Å²) >= 11 is 0. The number of hydrogen-bond acceptors (Lipinski definition) is 2. The second-order valence-corrected chi connectivity index (χ2v) is 6.23. The van der Waals surface area contributed by atoms with Gasteiger partial charge in [-0.1, -0.05) is 38.2 Å². The van der Waals surface area contributed by atoms with Crippen LogP contribution in [0.15, 0.2) is 24.3 Å². The number of aliphatic hydroxyl groups is 2. The molecule has 5 atom stereocenters. The molecule has 0 aromatic rings. The van der Waals surface area contributed by atoms with Gasteiger partial charge in [0.05, 0.1) is 12.7 Å². The highest BCUT2D eigenvalue weighted by Crippen LogP contribution is 2.46. The van der Waals surface area contributed by atoms with E-state index in [-0.39, 0.29) is 17.9 Å². The molecule has 0 saturated carbocycles. The smallest absolute Gasteiger partial charge is 0.0657 e. The molecule has 0 unspecified atom stereocenters. The van der Waals surface area contributed by atoms with Crippen LogP contribution in [0.2, 0.25) is 0 Å². The zero-order chi connectivity index (χ0) is 13.2. The molecule has 0 fully saturated rings. The molecule has 0 aromatic heterocycles. The first-order chi connectivity index (χ1) is 8.62. The molecule has 2 N–H and O–H groups in total. The maximum absolute atomic E-state index is 10.9. The van der Waals surface area contributed by atoms with Crippen molar-refractivity contribution in [3.05, 3.63) is 24.3 Å². The van der Waals surface area contributed by atoms with Gasteiger partial charge in [0.25, 0.3) is 0 Å². The number of rotatable bonds is 3. The van der Waals surface area contributed by atoms with Gasteiger partial charge in [0, 0.05) is 5.41 Å². The van der Waals surface area contributed by atoms with Crippen LogP contribution in [-0.2, 0) is 0 Å². The first kappa shape index (κ1) is 13.8. The van der Waals surface area contributed by atoms with Gasteiger partial charge in [-0.15, -0.1) is 0 Å². The minimum atomic E-state index is -0.401. The van der Waals surface area contributed by atoms with E-state index < -0.39 is 6.10 Å². The Hall–Kier alpha value is -0.600. The Balaban J connectivity index is 2.21. The third kappa shape index (κ3) is 2.28. The minimum Gasteiger partial charge on any atom is -0.396 e. The van der Waals surface area contributed by atoms with Gasteiger partial charge in [0.2, 0.25) is 0 Å². The lowest BCUT2D eigenvalue weighted by atomic mass is 9.61. The van der Waals surface area contributed by atoms with E-state index in [0.717, 1.165) is 25.7 Å². The topological polar surface area (TPSA) is 40.5 Å². The highest BCUT2D eigenvalue weighted by atomic mass is 16.3. The molecule has 0 radical (unpaired) electrons. The first-order valence-corrected chi connectivity index (χ1v) is 7.20. The highest BCUT2D eigenvalue weighted by Gasteiger charge is 2.46. The van der Waals surface area contributed by atoms with Crippen LogP contribution in [-0.4, -0.2) is 22.9 Å². The van der Waals surface area contributed by atoms with Crippen LogP contribution in [0.25, 0.3) is 0 Å². The molecular formula is C16H26O2. The van der Waals surface area contributed by atoms with Crippen molar-refractivity contribution in [2.75, 3.05) is 6.61 Å². The van der Waals surface area contributed by atoms with Gasteiger partial charge in [0.15, 0.2) is 0 Å². The molecule has 0 bridgehead atoms. The van der Waals surface area contributed by atoms with Crippen LogP contribution in [0.1, 0.15) is 39.5 Å². The van der Waals surface area contributed by atoms with Crippen LogP contribution in [0.5, 0.6) is 0 Å². The zero-order valence-corrected chi connectivity index (χ0v) is 11.5. The van der Waals surface area contributed by atoms with Crippen molar-refractivity contribution < 1.29 is 10.2 Å². The predicted octanol–water partition coefficient (Wildman–Crippen LogP) is 2.91. The fourth-order valence-corrected chi connectivity index (χ4v) is 3.60. The van der Waals surface area contributed by atoms with Gasteiger partial charge in [-0.05, 0) is 43.4 Å². The average Bonchev–Trinajstić information content (AvgIpc) is 2.39. The lowest BCUT2D eigenvalue weighted by molar-refractivity contribution is -0.0948. The van der Waals surface area contributed by atoms with E-state index in [1.54, 1.807) is 0 Å². The Morgan fingerprint density at radius 3 is 2.39 bits per heavy atom. The second kappa shape index (κ2) is 5.58. The number of aliphatic hydroxyl groups excluding tert-OH is 2. The fourth-order valence-electron chi connectivity index (χ4n) is 3.60. The Labute approximate surface area is 110 Å². The molecule has 0 aliphatic heterocycles. The van der Waals surface area contributed by atoms with Gasteiger partial charge in [-0.25, -0.2) is 0 Å². The molecule has 0 heterocycles. The molecular weight excluding hydrogens is 224 g/mol. The molecule has 18 heavy (non-hydrogen) atoms. The largest absolute Gasteiger partial charge is 0.396 e. The maximum atomic E-state index is 10.9. The van der Waals surface area contributed by atoms with Crippen LogP contribution in [0.3, 0.4) is 0 Å². The summed E-state index contributed by atoms with van der Waals surface area (Å²) in [5.74, 6) is 1.14. The van der Waals surface area contributed by atoms with Gasteiger partial charge in [0.1, 0.15) is 0 Å². The van der Waals surface area contributed by atoms with E-state index in [1.807, 2.05) is 0 Å². The van der Waals surface area contributed by atoms with E-state index in [4.69, 9.17) is 0 Å². The van der Waals surface area contributed by atoms with E-state index in [9.17, 15) is 10.2 Å². The summed E-state index contributed by atoms with van der Waals surface area (Å²) in [6.07, 6.45) is 12.1. The van der Waals surface area contributed by atoms with Crippen LogP contribution in [0, 0.1) is 23.2 Å². The van der Waals surface area contributed by atoms with Gasteiger partial charge >= 0.3 is 0 Å². The first-order valence-electron chi connectivity index (χ1n) is 7.20. The summed E-state index contributed by atoms with van der Waals surface area (Å²) in [4.78, 5) is 0. The standard InChI is InChI=1S/C16H26O2/c1-12-7-3-4-9-14(12)15(18)16(11-17)10-6-5-8-13(16)2/h3-6,12-15,17-18H,7-11H2,1-2H3/t12-,13-,14+,15+,16-/m1/s1. The summed E-state index contributed by atoms with van der Waals surface area (Å²) in [5.41, 5.74) is -0.334. The summed E-state index contributed by atoms with van der Waals surface area (Å²) < 4.78 is 0. The van der Waals surface area contributed by atoms with Gasteiger partial charge in [-0.3, -0.25) is 0 Å². The molecule has 0 aromatic carbocycles. The zero-order valence-electron chi connectivity index (χ0n) is 11.5. The highest BCUT2D eigenvalue weighted by molar-refractivity contribution is 5.07. The van der Waals surface area contributed by atoms with Crippen molar-refractivity contribution in [2.45, 2.75) is 45.6 Å². The monoisotopic (exact) mass is 250 g/mol. The second-order valence-electron chi connectivity index (χ2n) is 6.23. The van der Waals surface area contributed by atoms with Gasteiger partial charge in [-0.2, -0.15) is 0 Å².